The number of nitrogens with zero attached hydrogens (tertiary/aromatic N) is 1. The molecular weight excluding hydrogens is 183 g/mol. The van der Waals surface area contributed by atoms with Gasteiger partial charge in [-0.2, -0.15) is 13.2 Å². The van der Waals surface area contributed by atoms with Gasteiger partial charge in [0, 0.05) is 12.6 Å². The van der Waals surface area contributed by atoms with E-state index in [1.54, 1.807) is 0 Å². The van der Waals surface area contributed by atoms with Gasteiger partial charge in [-0.25, -0.2) is 0 Å². The van der Waals surface area contributed by atoms with Gasteiger partial charge in [-0.05, 0) is 12.3 Å². The summed E-state index contributed by atoms with van der Waals surface area (Å²) in [6, 6.07) is -0.228. The van der Waals surface area contributed by atoms with Gasteiger partial charge in [-0.15, -0.1) is 0 Å². The molecule has 0 unspecified atom stereocenters. The molecule has 1 atom stereocenters. The van der Waals surface area contributed by atoms with Crippen LogP contribution in [0.3, 0.4) is 0 Å². The number of hydrogen-bond acceptors (Lipinski definition) is 1. The smallest absolute Gasteiger partial charge is 0.332 e. The lowest BCUT2D eigenvalue weighted by atomic mass is 9.92. The van der Waals surface area contributed by atoms with E-state index in [1.165, 1.54) is 0 Å². The van der Waals surface area contributed by atoms with Crippen molar-refractivity contribution in [2.75, 3.05) is 6.54 Å². The molecule has 1 fully saturated rings. The van der Waals surface area contributed by atoms with Gasteiger partial charge >= 0.3 is 12.1 Å². The van der Waals surface area contributed by atoms with E-state index in [1.807, 2.05) is 13.8 Å². The van der Waals surface area contributed by atoms with Crippen molar-refractivity contribution in [2.24, 2.45) is 5.92 Å². The van der Waals surface area contributed by atoms with Crippen molar-refractivity contribution in [2.45, 2.75) is 32.5 Å². The topological polar surface area (TPSA) is 20.3 Å². The Balaban J connectivity index is 2.60. The predicted octanol–water partition coefficient (Wildman–Crippen LogP) is 1.81. The van der Waals surface area contributed by atoms with Gasteiger partial charge in [0.15, 0.2) is 0 Å². The summed E-state index contributed by atoms with van der Waals surface area (Å²) in [5.41, 5.74) is 0. The molecule has 1 amide bonds. The Bertz CT molecular complexity index is 212. The number of amides is 1. The Morgan fingerprint density at radius 2 is 2.00 bits per heavy atom. The van der Waals surface area contributed by atoms with Gasteiger partial charge < -0.3 is 4.90 Å². The molecule has 0 spiro atoms. The standard InChI is InChI=1S/C8H12F3NO/c1-5(2)6-3-4-12(6)7(13)8(9,10)11/h5-6H,3-4H2,1-2H3/t6-/m0/s1. The number of alkyl halides is 3. The maximum absolute atomic E-state index is 12.0. The van der Waals surface area contributed by atoms with Crippen LogP contribution in [0.15, 0.2) is 0 Å². The van der Waals surface area contributed by atoms with Gasteiger partial charge in [0.25, 0.3) is 0 Å². The van der Waals surface area contributed by atoms with Crippen molar-refractivity contribution in [1.82, 2.24) is 4.90 Å². The first-order chi connectivity index (χ1) is 5.84. The fraction of sp³-hybridized carbons (Fsp3) is 0.875. The second kappa shape index (κ2) is 3.20. The summed E-state index contributed by atoms with van der Waals surface area (Å²) in [5, 5.41) is 0. The number of carbonyl (C=O) groups excluding carboxylic acids is 1. The molecule has 1 aliphatic rings. The molecule has 0 radical (unpaired) electrons. The Morgan fingerprint density at radius 3 is 2.23 bits per heavy atom. The zero-order valence-electron chi connectivity index (χ0n) is 7.56. The van der Waals surface area contributed by atoms with E-state index in [4.69, 9.17) is 0 Å². The van der Waals surface area contributed by atoms with Crippen LogP contribution in [0.25, 0.3) is 0 Å². The number of carbonyl (C=O) groups is 1. The van der Waals surface area contributed by atoms with Crippen LogP contribution in [0, 0.1) is 5.92 Å². The molecule has 0 saturated carbocycles. The summed E-state index contributed by atoms with van der Waals surface area (Å²) in [6.07, 6.45) is -4.03. The summed E-state index contributed by atoms with van der Waals surface area (Å²) < 4.78 is 35.9. The Morgan fingerprint density at radius 1 is 1.46 bits per heavy atom. The van der Waals surface area contributed by atoms with Crippen molar-refractivity contribution in [1.29, 1.82) is 0 Å². The van der Waals surface area contributed by atoms with Gasteiger partial charge in [0.1, 0.15) is 0 Å². The van der Waals surface area contributed by atoms with Crippen LogP contribution in [-0.4, -0.2) is 29.6 Å². The third-order valence-corrected chi connectivity index (χ3v) is 2.34. The summed E-state index contributed by atoms with van der Waals surface area (Å²) in [4.78, 5) is 11.7. The molecule has 76 valence electrons. The molecular formula is C8H12F3NO. The molecule has 13 heavy (non-hydrogen) atoms. The summed E-state index contributed by atoms with van der Waals surface area (Å²) in [7, 11) is 0. The maximum Gasteiger partial charge on any atom is 0.471 e. The van der Waals surface area contributed by atoms with Crippen molar-refractivity contribution < 1.29 is 18.0 Å². The third-order valence-electron chi connectivity index (χ3n) is 2.34. The van der Waals surface area contributed by atoms with Gasteiger partial charge in [-0.3, -0.25) is 4.79 Å². The summed E-state index contributed by atoms with van der Waals surface area (Å²) >= 11 is 0. The molecule has 0 aromatic heterocycles. The quantitative estimate of drug-likeness (QED) is 0.624. The average Bonchev–Trinajstić information content (AvgIpc) is 1.80. The van der Waals surface area contributed by atoms with E-state index in [2.05, 4.69) is 0 Å². The highest BCUT2D eigenvalue weighted by Crippen LogP contribution is 2.29. The van der Waals surface area contributed by atoms with E-state index in [-0.39, 0.29) is 18.5 Å². The van der Waals surface area contributed by atoms with E-state index in [9.17, 15) is 18.0 Å². The molecule has 1 heterocycles. The minimum absolute atomic E-state index is 0.0973. The third kappa shape index (κ3) is 1.95. The van der Waals surface area contributed by atoms with Crippen LogP contribution in [0.2, 0.25) is 0 Å². The van der Waals surface area contributed by atoms with Crippen molar-refractivity contribution in [3.05, 3.63) is 0 Å². The summed E-state index contributed by atoms with van der Waals surface area (Å²) in [5.74, 6) is -1.60. The second-order valence-corrected chi connectivity index (χ2v) is 3.60. The first-order valence-electron chi connectivity index (χ1n) is 4.22. The molecule has 0 N–H and O–H groups in total. The number of hydrogen-bond donors (Lipinski definition) is 0. The highest BCUT2D eigenvalue weighted by molar-refractivity contribution is 5.82. The Kier molecular flexibility index (Phi) is 2.54. The molecule has 1 saturated heterocycles. The molecule has 0 aromatic carbocycles. The molecule has 1 aliphatic heterocycles. The van der Waals surface area contributed by atoms with Crippen LogP contribution in [0.1, 0.15) is 20.3 Å². The molecule has 0 bridgehead atoms. The Hall–Kier alpha value is -0.740. The fourth-order valence-electron chi connectivity index (χ4n) is 1.52. The zero-order valence-corrected chi connectivity index (χ0v) is 7.56. The second-order valence-electron chi connectivity index (χ2n) is 3.60. The first kappa shape index (κ1) is 10.3. The molecule has 2 nitrogen and oxygen atoms in total. The minimum Gasteiger partial charge on any atom is -0.332 e. The van der Waals surface area contributed by atoms with Gasteiger partial charge in [0.05, 0.1) is 0 Å². The van der Waals surface area contributed by atoms with Crippen LogP contribution < -0.4 is 0 Å². The highest BCUT2D eigenvalue weighted by Gasteiger charge is 2.48. The normalized spacial score (nSPS) is 23.2. The van der Waals surface area contributed by atoms with Crippen LogP contribution in [-0.2, 0) is 4.79 Å². The van der Waals surface area contributed by atoms with E-state index < -0.39 is 12.1 Å². The Labute approximate surface area is 74.7 Å². The van der Waals surface area contributed by atoms with E-state index in [0.717, 1.165) is 4.90 Å². The van der Waals surface area contributed by atoms with E-state index in [0.29, 0.717) is 6.42 Å². The number of rotatable bonds is 1. The predicted molar refractivity (Wildman–Crippen MR) is 41.0 cm³/mol. The fourth-order valence-corrected chi connectivity index (χ4v) is 1.52. The monoisotopic (exact) mass is 195 g/mol. The molecule has 5 heteroatoms. The average molecular weight is 195 g/mol. The van der Waals surface area contributed by atoms with Gasteiger partial charge in [0.2, 0.25) is 0 Å². The lowest BCUT2D eigenvalue weighted by Crippen LogP contribution is -2.57. The molecule has 0 aromatic rings. The lowest BCUT2D eigenvalue weighted by molar-refractivity contribution is -0.194. The van der Waals surface area contributed by atoms with Crippen LogP contribution >= 0.6 is 0 Å². The van der Waals surface area contributed by atoms with Gasteiger partial charge in [-0.1, -0.05) is 13.8 Å². The van der Waals surface area contributed by atoms with Crippen molar-refractivity contribution in [3.63, 3.8) is 0 Å². The van der Waals surface area contributed by atoms with Crippen LogP contribution in [0.4, 0.5) is 13.2 Å². The van der Waals surface area contributed by atoms with Crippen molar-refractivity contribution >= 4 is 5.91 Å². The highest BCUT2D eigenvalue weighted by atomic mass is 19.4. The zero-order chi connectivity index (χ0) is 10.2. The van der Waals surface area contributed by atoms with E-state index >= 15 is 0 Å². The SMILES string of the molecule is CC(C)[C@@H]1CCN1C(=O)C(F)(F)F. The van der Waals surface area contributed by atoms with Crippen LogP contribution in [0.5, 0.6) is 0 Å². The minimum atomic E-state index is -4.71. The maximum atomic E-state index is 12.0. The first-order valence-corrected chi connectivity index (χ1v) is 4.22. The number of likely N-dealkylation sites (tertiary alicyclic amines) is 1. The molecule has 0 aliphatic carbocycles. The number of halogens is 3. The molecule has 1 rings (SSSR count). The largest absolute Gasteiger partial charge is 0.471 e. The summed E-state index contributed by atoms with van der Waals surface area (Å²) in [6.45, 7) is 3.88. The lowest BCUT2D eigenvalue weighted by Gasteiger charge is -2.43. The van der Waals surface area contributed by atoms with Crippen molar-refractivity contribution in [3.8, 4) is 0 Å².